The van der Waals surface area contributed by atoms with E-state index in [4.69, 9.17) is 4.74 Å². The fourth-order valence-electron chi connectivity index (χ4n) is 3.56. The number of halogens is 2. The number of carbonyl (C=O) groups excluding carboxylic acids is 1. The van der Waals surface area contributed by atoms with Gasteiger partial charge >= 0.3 is 6.61 Å². The molecular formula is C25H18F2N4O4S2. The molecule has 0 saturated carbocycles. The third-order valence-electron chi connectivity index (χ3n) is 5.27. The van der Waals surface area contributed by atoms with Crippen molar-refractivity contribution in [3.8, 4) is 11.5 Å². The third kappa shape index (κ3) is 5.39. The number of nitrogens with zero attached hydrogens (tertiary/aromatic N) is 4. The highest BCUT2D eigenvalue weighted by atomic mass is 32.2. The molecule has 0 aliphatic carbocycles. The van der Waals surface area contributed by atoms with E-state index in [1.54, 1.807) is 49.0 Å². The van der Waals surface area contributed by atoms with Crippen LogP contribution in [0.25, 0.3) is 11.0 Å². The Morgan fingerprint density at radius 3 is 2.51 bits per heavy atom. The van der Waals surface area contributed by atoms with Crippen LogP contribution in [-0.4, -0.2) is 34.2 Å². The summed E-state index contributed by atoms with van der Waals surface area (Å²) in [6.45, 7) is -2.96. The summed E-state index contributed by atoms with van der Waals surface area (Å²) in [5, 5.41) is 2.14. The van der Waals surface area contributed by atoms with E-state index in [1.165, 1.54) is 62.7 Å². The molecule has 0 N–H and O–H groups in total. The Morgan fingerprint density at radius 2 is 1.81 bits per heavy atom. The Balaban J connectivity index is 1.45. The number of methoxy groups -OCH3 is 1. The van der Waals surface area contributed by atoms with Crippen LogP contribution < -0.4 is 19.9 Å². The molecule has 0 bridgehead atoms. The van der Waals surface area contributed by atoms with Crippen molar-refractivity contribution >= 4 is 50.9 Å². The van der Waals surface area contributed by atoms with Gasteiger partial charge in [-0.25, -0.2) is 9.98 Å². The van der Waals surface area contributed by atoms with Gasteiger partial charge in [0.2, 0.25) is 0 Å². The zero-order valence-corrected chi connectivity index (χ0v) is 20.8. The van der Waals surface area contributed by atoms with Crippen LogP contribution in [-0.2, 0) is 10.5 Å². The lowest BCUT2D eigenvalue weighted by atomic mass is 10.2. The maximum absolute atomic E-state index is 13.4. The van der Waals surface area contributed by atoms with Gasteiger partial charge in [-0.15, -0.1) is 11.3 Å². The molecule has 2 aromatic carbocycles. The van der Waals surface area contributed by atoms with Gasteiger partial charge in [0, 0.05) is 23.4 Å². The van der Waals surface area contributed by atoms with E-state index in [-0.39, 0.29) is 28.7 Å². The molecule has 0 unspecified atom stereocenters. The summed E-state index contributed by atoms with van der Waals surface area (Å²) < 4.78 is 36.2. The third-order valence-corrected chi connectivity index (χ3v) is 7.00. The van der Waals surface area contributed by atoms with Crippen molar-refractivity contribution in [1.29, 1.82) is 0 Å². The monoisotopic (exact) mass is 540 g/mol. The van der Waals surface area contributed by atoms with E-state index < -0.39 is 6.61 Å². The molecule has 1 aliphatic rings. The number of aliphatic imine (C=N–C) groups is 1. The summed E-state index contributed by atoms with van der Waals surface area (Å²) in [4.78, 5) is 36.8. The van der Waals surface area contributed by atoms with Crippen LogP contribution in [0.15, 0.2) is 81.7 Å². The fraction of sp³-hybridized carbons (Fsp3) is 0.120. The molecule has 1 amide bonds. The number of aromatic nitrogens is 2. The average molecular weight is 541 g/mol. The molecule has 2 aromatic heterocycles. The number of alkyl halides is 2. The van der Waals surface area contributed by atoms with Crippen molar-refractivity contribution in [3.63, 3.8) is 0 Å². The molecule has 4 aromatic rings. The summed E-state index contributed by atoms with van der Waals surface area (Å²) >= 11 is 2.58. The number of thioether (sulfide) groups is 1. The van der Waals surface area contributed by atoms with Gasteiger partial charge in [-0.05, 0) is 48.0 Å². The van der Waals surface area contributed by atoms with Gasteiger partial charge in [-0.2, -0.15) is 8.78 Å². The highest BCUT2D eigenvalue weighted by molar-refractivity contribution is 8.13. The first-order valence-electron chi connectivity index (χ1n) is 10.8. The number of carbonyl (C=O) groups is 1. The summed E-state index contributed by atoms with van der Waals surface area (Å²) in [6, 6.07) is 14.3. The normalized spacial score (nSPS) is 14.6. The summed E-state index contributed by atoms with van der Waals surface area (Å²) in [5.41, 5.74) is 1.72. The van der Waals surface area contributed by atoms with E-state index >= 15 is 0 Å². The molecule has 0 saturated heterocycles. The zero-order valence-electron chi connectivity index (χ0n) is 19.2. The number of amides is 1. The molecule has 5 rings (SSSR count). The summed E-state index contributed by atoms with van der Waals surface area (Å²) in [6.07, 6.45) is 3.31. The molecule has 37 heavy (non-hydrogen) atoms. The smallest absolute Gasteiger partial charge is 0.387 e. The Bertz CT molecular complexity index is 1560. The molecular weight excluding hydrogens is 522 g/mol. The number of fused-ring (bicyclic) bond motifs is 1. The number of anilines is 1. The van der Waals surface area contributed by atoms with Crippen molar-refractivity contribution < 1.29 is 23.0 Å². The Morgan fingerprint density at radius 1 is 1.08 bits per heavy atom. The second kappa shape index (κ2) is 10.5. The van der Waals surface area contributed by atoms with Crippen LogP contribution in [0.4, 0.5) is 14.5 Å². The molecule has 12 heteroatoms. The van der Waals surface area contributed by atoms with Crippen LogP contribution in [0.2, 0.25) is 0 Å². The lowest BCUT2D eigenvalue weighted by molar-refractivity contribution is -0.113. The highest BCUT2D eigenvalue weighted by Gasteiger charge is 2.32. The first kappa shape index (κ1) is 24.7. The Labute approximate surface area is 217 Å². The first-order chi connectivity index (χ1) is 17.9. The minimum absolute atomic E-state index is 0.0283. The molecule has 0 atom stereocenters. The quantitative estimate of drug-likeness (QED) is 0.305. The second-order valence-electron chi connectivity index (χ2n) is 7.64. The van der Waals surface area contributed by atoms with E-state index in [0.717, 1.165) is 5.56 Å². The minimum atomic E-state index is -2.96. The van der Waals surface area contributed by atoms with Gasteiger partial charge in [-0.1, -0.05) is 23.9 Å². The highest BCUT2D eigenvalue weighted by Crippen LogP contribution is 2.32. The van der Waals surface area contributed by atoms with Crippen molar-refractivity contribution in [3.05, 3.63) is 93.5 Å². The summed E-state index contributed by atoms with van der Waals surface area (Å²) in [7, 11) is 1.57. The van der Waals surface area contributed by atoms with Crippen molar-refractivity contribution in [2.24, 2.45) is 4.99 Å². The number of benzene rings is 2. The maximum Gasteiger partial charge on any atom is 0.387 e. The Hall–Kier alpha value is -4.03. The minimum Gasteiger partial charge on any atom is -0.497 e. The molecule has 188 valence electrons. The number of hydrogen-bond donors (Lipinski definition) is 0. The van der Waals surface area contributed by atoms with Gasteiger partial charge in [0.25, 0.3) is 11.5 Å². The number of rotatable bonds is 7. The number of hydrogen-bond acceptors (Lipinski definition) is 8. The topological polar surface area (TPSA) is 85.5 Å². The van der Waals surface area contributed by atoms with E-state index in [1.807, 2.05) is 0 Å². The second-order valence-corrected chi connectivity index (χ2v) is 9.46. The molecule has 1 aliphatic heterocycles. The van der Waals surface area contributed by atoms with E-state index in [2.05, 4.69) is 14.7 Å². The number of amidine groups is 1. The maximum atomic E-state index is 13.4. The fourth-order valence-corrected chi connectivity index (χ4v) is 5.20. The van der Waals surface area contributed by atoms with Crippen LogP contribution in [0.3, 0.4) is 0 Å². The molecule has 0 fully saturated rings. The lowest BCUT2D eigenvalue weighted by Crippen LogP contribution is -2.30. The zero-order chi connectivity index (χ0) is 25.9. The predicted molar refractivity (Wildman–Crippen MR) is 140 cm³/mol. The predicted octanol–water partition coefficient (Wildman–Crippen LogP) is 5.04. The molecule has 3 heterocycles. The van der Waals surface area contributed by atoms with Gasteiger partial charge < -0.3 is 9.47 Å². The van der Waals surface area contributed by atoms with Crippen LogP contribution in [0.5, 0.6) is 11.5 Å². The van der Waals surface area contributed by atoms with Crippen LogP contribution >= 0.6 is 23.1 Å². The number of ether oxygens (including phenoxy) is 2. The van der Waals surface area contributed by atoms with Crippen molar-refractivity contribution in [2.45, 2.75) is 12.4 Å². The number of thiazole rings is 1. The SMILES string of the molecule is COc1ccc(/C=C2\N=C(SCc3cc(=O)n4ccsc4n3)N(c3ccc(OC(F)F)cc3)C2=O)cc1. The van der Waals surface area contributed by atoms with Crippen molar-refractivity contribution in [1.82, 2.24) is 9.38 Å². The van der Waals surface area contributed by atoms with Gasteiger partial charge in [0.05, 0.1) is 18.5 Å². The van der Waals surface area contributed by atoms with E-state index in [9.17, 15) is 18.4 Å². The van der Waals surface area contributed by atoms with Gasteiger partial charge in [0.15, 0.2) is 10.1 Å². The molecule has 0 radical (unpaired) electrons. The molecule has 0 spiro atoms. The lowest BCUT2D eigenvalue weighted by Gasteiger charge is -2.18. The van der Waals surface area contributed by atoms with Crippen LogP contribution in [0.1, 0.15) is 11.3 Å². The van der Waals surface area contributed by atoms with Crippen LogP contribution in [0, 0.1) is 0 Å². The van der Waals surface area contributed by atoms with Gasteiger partial charge in [0.1, 0.15) is 17.2 Å². The Kier molecular flexibility index (Phi) is 7.01. The van der Waals surface area contributed by atoms with E-state index in [0.29, 0.717) is 27.3 Å². The average Bonchev–Trinajstić information content (AvgIpc) is 3.48. The summed E-state index contributed by atoms with van der Waals surface area (Å²) in [5.74, 6) is 0.551. The molecule has 8 nitrogen and oxygen atoms in total. The van der Waals surface area contributed by atoms with Gasteiger partial charge in [-0.3, -0.25) is 18.9 Å². The largest absolute Gasteiger partial charge is 0.497 e. The van der Waals surface area contributed by atoms with Crippen molar-refractivity contribution in [2.75, 3.05) is 12.0 Å². The standard InChI is InChI=1S/C25H18F2N4O4S2/c1-34-18-6-2-15(3-7-18)12-20-22(33)31(17-4-8-19(9-5-17)35-23(26)27)25(29-20)37-14-16-13-21(32)30-10-11-36-24(30)28-16/h2-13,23H,14H2,1H3/b20-12-. The first-order valence-corrected chi connectivity index (χ1v) is 12.7.